The molecule has 0 aliphatic carbocycles. The highest BCUT2D eigenvalue weighted by Gasteiger charge is 2.28. The van der Waals surface area contributed by atoms with E-state index in [1.165, 1.54) is 176 Å². The van der Waals surface area contributed by atoms with Gasteiger partial charge >= 0.3 is 11.7 Å². The molecule has 7 N–H and O–H groups in total. The quantitative estimate of drug-likeness (QED) is 0.0175. The Balaban J connectivity index is 0.000000134. The molecule has 20 rings (SSSR count). The molecular formula is C103H65F12N16O8+. The molecule has 0 bridgehead atoms. The molecule has 0 radical (unpaired) electrons. The van der Waals surface area contributed by atoms with E-state index >= 15 is 0 Å². The molecule has 2 unspecified atom stereocenters. The number of carbonyl (C=O) groups excluding carboxylic acids is 3. The molecule has 11 heterocycles. The Kier molecular flexibility index (Phi) is 32.4. The number of hydrogen-bond acceptors (Lipinski definition) is 17. The summed E-state index contributed by atoms with van der Waals surface area (Å²) in [5, 5.41) is 61.2. The van der Waals surface area contributed by atoms with Gasteiger partial charge in [0.25, 0.3) is 17.4 Å². The van der Waals surface area contributed by atoms with Gasteiger partial charge in [0.05, 0.1) is 11.0 Å². The number of halogens is 12. The van der Waals surface area contributed by atoms with Crippen molar-refractivity contribution in [2.75, 3.05) is 0 Å². The number of carbonyl (C=O) groups is 4. The summed E-state index contributed by atoms with van der Waals surface area (Å²) < 4.78 is 159. The highest BCUT2D eigenvalue weighted by molar-refractivity contribution is 6.09. The highest BCUT2D eigenvalue weighted by atomic mass is 19.2. The number of ketones is 3. The molecule has 0 amide bonds. The SMILES string of the molecule is Fc1cccc(-c2n[nH]c3cccnc23)c1.O=C(O)c1ccc2[nH]nc(-c3cccc(F)c3)c2n1.O=C(c1cccc(F)c1)c1c(F)ccc[n+]1O.O=C(c1cccc(F)c1)c1ncccc1F.OC(c1ccc2ccccc2c1)c1ncccc1F.OC(c1cccc(F)c1)c1ncccc1F.[C-]#[N+]c1ccc(F)c(C(=O)c2cccc(F)c2)n1.[C-]#[N+]c1ccc2[nH]nc(-c3cccc(F)c3)c2n1. The number of hydrogen-bond donors (Lipinski definition) is 7. The maximum absolute atomic E-state index is 13.6. The summed E-state index contributed by atoms with van der Waals surface area (Å²) in [5.74, 6) is -9.81. The monoisotopic (exact) mass is 1880 g/mol. The van der Waals surface area contributed by atoms with Crippen LogP contribution in [0.5, 0.6) is 0 Å². The maximum atomic E-state index is 13.6. The summed E-state index contributed by atoms with van der Waals surface area (Å²) in [4.78, 5) is 80.0. The fraction of sp³-hybridized carbons (Fsp3) is 0.0194. The van der Waals surface area contributed by atoms with Crippen molar-refractivity contribution in [1.82, 2.24) is 65.5 Å². The van der Waals surface area contributed by atoms with Gasteiger partial charge < -0.3 is 25.0 Å². The second-order valence-electron chi connectivity index (χ2n) is 28.9. The first-order valence-corrected chi connectivity index (χ1v) is 40.7. The van der Waals surface area contributed by atoms with Crippen LogP contribution in [-0.2, 0) is 0 Å². The smallest absolute Gasteiger partial charge is 0.354 e. The van der Waals surface area contributed by atoms with Crippen LogP contribution in [-0.4, -0.2) is 109 Å². The standard InChI is InChI=1S/C16H12FNO.C13H6F2N2O.C13H7FN4.C13H8FN3O2.C12H8F2NO2.C12H9F2NO.C12H7F2NO.C12H8FN3/c17-14-6-3-9-18-15(14)16(19)13-8-7-11-4-1-2-5-12(11)10-13;1-16-11-6-5-10(15)12(17-11)13(18)8-3-2-4-9(14)7-8;1-15-11-6-5-10-13(16-11)12(18-17-10)8-3-2-4-9(14)7-8;14-8-3-1-2-7(6-8)11-12-9(16-17-11)4-5-10(15-12)13(18)19;13-9-4-1-3-8(7-9)12(16)11-10(14)5-2-6-15(11)17;2*13-9-4-1-3-8(7-9)12(16)11-10(14)5-2-6-15-11;13-9-4-1-3-8(7-9)11-12-10(15-16-11)5-2-6-14-12/h1-10,16,19H;2-7H;2-7H,(H,17,18);1-6H,(H,16,17)(H,18,19);1-7,17H;1-7,12,16H;1-7H;1-7H,(H,15,16)/q;;;;+1;;;. The molecule has 2 atom stereocenters. The Morgan fingerprint density at radius 3 is 1.22 bits per heavy atom. The van der Waals surface area contributed by atoms with E-state index in [2.05, 4.69) is 75.2 Å². The molecule has 9 aromatic carbocycles. The number of nitrogens with zero attached hydrogens (tertiary/aromatic N) is 13. The summed E-state index contributed by atoms with van der Waals surface area (Å²) >= 11 is 0. The van der Waals surface area contributed by atoms with Crippen LogP contribution in [0.15, 0.2) is 340 Å². The van der Waals surface area contributed by atoms with Crippen LogP contribution >= 0.6 is 0 Å². The van der Waals surface area contributed by atoms with E-state index in [1.807, 2.05) is 54.6 Å². The first-order chi connectivity index (χ1) is 67.1. The molecular weight excluding hydrogens is 1820 g/mol. The summed E-state index contributed by atoms with van der Waals surface area (Å²) in [7, 11) is 0. The van der Waals surface area contributed by atoms with Crippen molar-refractivity contribution < 1.29 is 97.1 Å². The van der Waals surface area contributed by atoms with Gasteiger partial charge in [-0.2, -0.15) is 19.7 Å². The molecule has 0 aliphatic heterocycles. The summed E-state index contributed by atoms with van der Waals surface area (Å²) in [5.41, 5.74) is 7.00. The van der Waals surface area contributed by atoms with Crippen LogP contribution in [0.4, 0.5) is 64.3 Å². The van der Waals surface area contributed by atoms with Crippen molar-refractivity contribution in [3.8, 4) is 33.8 Å². The van der Waals surface area contributed by atoms with Gasteiger partial charge in [-0.1, -0.05) is 134 Å². The molecule has 139 heavy (non-hydrogen) atoms. The molecule has 688 valence electrons. The van der Waals surface area contributed by atoms with Crippen LogP contribution in [0.2, 0.25) is 0 Å². The number of carboxylic acids is 1. The topological polar surface area (TPSA) is 338 Å². The lowest BCUT2D eigenvalue weighted by Crippen LogP contribution is -2.38. The largest absolute Gasteiger partial charge is 0.477 e. The van der Waals surface area contributed by atoms with Crippen molar-refractivity contribution >= 4 is 78.8 Å². The maximum Gasteiger partial charge on any atom is 0.354 e. The number of pyridine rings is 8. The fourth-order valence-corrected chi connectivity index (χ4v) is 13.1. The molecule has 36 heteroatoms. The Morgan fingerprint density at radius 1 is 0.331 bits per heavy atom. The first kappa shape index (κ1) is 97.7. The summed E-state index contributed by atoms with van der Waals surface area (Å²) in [6.45, 7) is 13.7. The molecule has 0 saturated heterocycles. The van der Waals surface area contributed by atoms with Crippen molar-refractivity contribution in [2.24, 2.45) is 0 Å². The van der Waals surface area contributed by atoms with E-state index in [0.29, 0.717) is 60.9 Å². The minimum absolute atomic E-state index is 0.0106. The van der Waals surface area contributed by atoms with Gasteiger partial charge in [0.1, 0.15) is 121 Å². The molecule has 0 fully saturated rings. The van der Waals surface area contributed by atoms with Gasteiger partial charge in [0.2, 0.25) is 34.8 Å². The minimum Gasteiger partial charge on any atom is -0.477 e. The number of carboxylic acid groups (broad SMARTS) is 1. The second-order valence-corrected chi connectivity index (χ2v) is 28.9. The van der Waals surface area contributed by atoms with Crippen molar-refractivity contribution in [3.63, 3.8) is 0 Å². The van der Waals surface area contributed by atoms with Gasteiger partial charge in [0, 0.05) is 69.0 Å². The van der Waals surface area contributed by atoms with E-state index < -0.39 is 99.3 Å². The molecule has 24 nitrogen and oxygen atoms in total. The van der Waals surface area contributed by atoms with E-state index in [-0.39, 0.29) is 68.3 Å². The zero-order valence-electron chi connectivity index (χ0n) is 71.3. The molecule has 0 spiro atoms. The first-order valence-electron chi connectivity index (χ1n) is 40.7. The fourth-order valence-electron chi connectivity index (χ4n) is 13.1. The Hall–Kier alpha value is -18.8. The van der Waals surface area contributed by atoms with Crippen molar-refractivity contribution in [2.45, 2.75) is 12.2 Å². The molecule has 20 aromatic rings. The van der Waals surface area contributed by atoms with E-state index in [1.54, 1.807) is 60.8 Å². The third-order valence-electron chi connectivity index (χ3n) is 19.6. The van der Waals surface area contributed by atoms with Crippen molar-refractivity contribution in [1.29, 1.82) is 0 Å². The average Bonchev–Trinajstić information content (AvgIpc) is 1.65. The number of aromatic amines is 3. The molecule has 0 saturated carbocycles. The lowest BCUT2D eigenvalue weighted by atomic mass is 10.0. The third kappa shape index (κ3) is 25.1. The number of fused-ring (bicyclic) bond motifs is 4. The Bertz CT molecular complexity index is 7960. The van der Waals surface area contributed by atoms with Gasteiger partial charge in [-0.3, -0.25) is 49.8 Å². The number of aromatic nitrogens is 14. The van der Waals surface area contributed by atoms with Gasteiger partial charge in [0.15, 0.2) is 11.6 Å². The van der Waals surface area contributed by atoms with Gasteiger partial charge in [-0.15, -0.1) is 9.97 Å². The second kappa shape index (κ2) is 46.0. The lowest BCUT2D eigenvalue weighted by Gasteiger charge is -2.12. The van der Waals surface area contributed by atoms with E-state index in [4.69, 9.17) is 18.3 Å². The van der Waals surface area contributed by atoms with E-state index in [9.17, 15) is 87.3 Å². The van der Waals surface area contributed by atoms with Gasteiger partial charge in [-0.25, -0.2) is 63.1 Å². The number of rotatable bonds is 14. The lowest BCUT2D eigenvalue weighted by molar-refractivity contribution is -0.906. The van der Waals surface area contributed by atoms with Gasteiger partial charge in [-0.05, 0) is 204 Å². The Labute approximate surface area is 778 Å². The number of aliphatic hydroxyl groups is 2. The number of H-pyrrole nitrogens is 3. The Morgan fingerprint density at radius 2 is 0.734 bits per heavy atom. The predicted octanol–water partition coefficient (Wildman–Crippen LogP) is 21.9. The number of nitrogens with one attached hydrogen (secondary N) is 3. The number of benzene rings is 9. The molecule has 11 aromatic heterocycles. The van der Waals surface area contributed by atoms with E-state index in [0.717, 1.165) is 81.5 Å². The van der Waals surface area contributed by atoms with Crippen molar-refractivity contribution in [3.05, 3.63) is 495 Å². The highest BCUT2D eigenvalue weighted by Crippen LogP contribution is 2.32. The predicted molar refractivity (Wildman–Crippen MR) is 486 cm³/mol. The summed E-state index contributed by atoms with van der Waals surface area (Å²) in [6.07, 6.45) is 4.68. The van der Waals surface area contributed by atoms with Crippen LogP contribution in [0.1, 0.15) is 93.4 Å². The van der Waals surface area contributed by atoms with Crippen LogP contribution < -0.4 is 4.73 Å². The average molecular weight is 1880 g/mol. The number of aromatic carboxylic acids is 1. The molecule has 0 aliphatic rings. The third-order valence-corrected chi connectivity index (χ3v) is 19.6. The number of aliphatic hydroxyl groups excluding tert-OH is 2. The van der Waals surface area contributed by atoms with Crippen LogP contribution in [0, 0.1) is 83.0 Å². The van der Waals surface area contributed by atoms with Crippen LogP contribution in [0.25, 0.3) is 87.3 Å². The zero-order chi connectivity index (χ0) is 98.8. The van der Waals surface area contributed by atoms with Crippen LogP contribution in [0.3, 0.4) is 0 Å². The normalized spacial score (nSPS) is 10.9. The summed E-state index contributed by atoms with van der Waals surface area (Å²) in [6, 6.07) is 74.4. The zero-order valence-corrected chi connectivity index (χ0v) is 71.3. The minimum atomic E-state index is -1.25.